The van der Waals surface area contributed by atoms with E-state index in [9.17, 15) is 0 Å². The molecule has 1 aromatic heterocycles. The van der Waals surface area contributed by atoms with Crippen LogP contribution in [0.4, 0.5) is 0 Å². The van der Waals surface area contributed by atoms with Gasteiger partial charge in [-0.2, -0.15) is 0 Å². The number of piperidine rings is 1. The highest BCUT2D eigenvalue weighted by molar-refractivity contribution is 14.0. The fourth-order valence-electron chi connectivity index (χ4n) is 3.74. The van der Waals surface area contributed by atoms with Crippen LogP contribution >= 0.6 is 24.0 Å². The number of halogens is 1. The largest absolute Gasteiger partial charge is 0.361 e. The Balaban J connectivity index is 0.00000338. The van der Waals surface area contributed by atoms with Gasteiger partial charge in [0.1, 0.15) is 5.76 Å². The maximum Gasteiger partial charge on any atom is 0.190 e. The number of hydrogen-bond acceptors (Lipinski definition) is 4. The van der Waals surface area contributed by atoms with Crippen LogP contribution in [0.1, 0.15) is 62.5 Å². The average molecular weight is 477 g/mol. The van der Waals surface area contributed by atoms with Crippen molar-refractivity contribution < 1.29 is 4.52 Å². The molecule has 1 fully saturated rings. The molecule has 0 amide bonds. The first-order valence-electron chi connectivity index (χ1n) is 9.64. The molecule has 2 N–H and O–H groups in total. The van der Waals surface area contributed by atoms with Gasteiger partial charge >= 0.3 is 0 Å². The van der Waals surface area contributed by atoms with E-state index < -0.39 is 0 Å². The lowest BCUT2D eigenvalue weighted by Gasteiger charge is -2.33. The predicted molar refractivity (Wildman–Crippen MR) is 119 cm³/mol. The lowest BCUT2D eigenvalue weighted by molar-refractivity contribution is 0.159. The maximum absolute atomic E-state index is 5.27. The van der Waals surface area contributed by atoms with Gasteiger partial charge in [-0.25, -0.2) is 0 Å². The van der Waals surface area contributed by atoms with Gasteiger partial charge in [-0.3, -0.25) is 4.99 Å². The van der Waals surface area contributed by atoms with E-state index in [2.05, 4.69) is 39.5 Å². The van der Waals surface area contributed by atoms with Gasteiger partial charge in [0.25, 0.3) is 0 Å². The van der Waals surface area contributed by atoms with E-state index in [0.29, 0.717) is 5.92 Å². The number of aliphatic imine (C=N–C) groups is 1. The molecule has 1 aliphatic heterocycles. The summed E-state index contributed by atoms with van der Waals surface area (Å²) in [5, 5.41) is 10.9. The average Bonchev–Trinajstić information content (AvgIpc) is 2.94. The lowest BCUT2D eigenvalue weighted by atomic mass is 10.00. The van der Waals surface area contributed by atoms with E-state index in [1.165, 1.54) is 37.9 Å². The Hall–Kier alpha value is -0.830. The van der Waals surface area contributed by atoms with Crippen molar-refractivity contribution in [3.8, 4) is 0 Å². The Labute approximate surface area is 175 Å². The van der Waals surface area contributed by atoms with Gasteiger partial charge in [0.15, 0.2) is 5.96 Å². The van der Waals surface area contributed by atoms with Crippen LogP contribution in [0.2, 0.25) is 0 Å². The zero-order chi connectivity index (χ0) is 18.2. The number of likely N-dealkylation sites (tertiary alicyclic amines) is 1. The molecule has 0 aromatic carbocycles. The molecule has 2 atom stereocenters. The second-order valence-corrected chi connectivity index (χ2v) is 7.25. The van der Waals surface area contributed by atoms with Gasteiger partial charge < -0.3 is 20.1 Å². The molecular formula is C19H36IN5O. The van der Waals surface area contributed by atoms with E-state index in [0.717, 1.165) is 43.0 Å². The summed E-state index contributed by atoms with van der Waals surface area (Å²) in [6, 6.07) is 0.738. The number of hydrogen-bond donors (Lipinski definition) is 2. The van der Waals surface area contributed by atoms with Gasteiger partial charge in [-0.15, -0.1) is 24.0 Å². The maximum atomic E-state index is 5.27. The van der Waals surface area contributed by atoms with Gasteiger partial charge in [0.05, 0.1) is 5.69 Å². The number of guanidine groups is 1. The molecule has 0 saturated carbocycles. The molecule has 0 bridgehead atoms. The zero-order valence-corrected chi connectivity index (χ0v) is 19.3. The van der Waals surface area contributed by atoms with Crippen LogP contribution in [0.25, 0.3) is 0 Å². The van der Waals surface area contributed by atoms with Gasteiger partial charge in [-0.05, 0) is 46.6 Å². The second kappa shape index (κ2) is 11.8. The SMILES string of the molecule is CN=C(NCCCN1CCCCC1C)NCC(C)c1c(C)noc1C.I. The first-order valence-corrected chi connectivity index (χ1v) is 9.64. The van der Waals surface area contributed by atoms with Crippen molar-refractivity contribution in [1.29, 1.82) is 0 Å². The molecule has 150 valence electrons. The number of nitrogens with zero attached hydrogens (tertiary/aromatic N) is 3. The third-order valence-electron chi connectivity index (χ3n) is 5.24. The summed E-state index contributed by atoms with van der Waals surface area (Å²) in [7, 11) is 1.82. The topological polar surface area (TPSA) is 65.7 Å². The summed E-state index contributed by atoms with van der Waals surface area (Å²) >= 11 is 0. The molecular weight excluding hydrogens is 441 g/mol. The van der Waals surface area contributed by atoms with E-state index in [4.69, 9.17) is 4.52 Å². The highest BCUT2D eigenvalue weighted by Crippen LogP contribution is 2.22. The van der Waals surface area contributed by atoms with Crippen molar-refractivity contribution in [3.63, 3.8) is 0 Å². The van der Waals surface area contributed by atoms with E-state index in [1.54, 1.807) is 0 Å². The van der Waals surface area contributed by atoms with Crippen molar-refractivity contribution in [2.75, 3.05) is 33.2 Å². The van der Waals surface area contributed by atoms with Crippen LogP contribution in [0.5, 0.6) is 0 Å². The Morgan fingerprint density at radius 2 is 2.12 bits per heavy atom. The summed E-state index contributed by atoms with van der Waals surface area (Å²) < 4.78 is 5.27. The first-order chi connectivity index (χ1) is 12.0. The Morgan fingerprint density at radius 1 is 1.35 bits per heavy atom. The number of nitrogens with one attached hydrogen (secondary N) is 2. The monoisotopic (exact) mass is 477 g/mol. The summed E-state index contributed by atoms with van der Waals surface area (Å²) in [5.41, 5.74) is 2.17. The molecule has 0 aliphatic carbocycles. The van der Waals surface area contributed by atoms with Crippen molar-refractivity contribution in [3.05, 3.63) is 17.0 Å². The molecule has 2 rings (SSSR count). The molecule has 2 heterocycles. The van der Waals surface area contributed by atoms with Crippen LogP contribution in [0, 0.1) is 13.8 Å². The molecule has 26 heavy (non-hydrogen) atoms. The van der Waals surface area contributed by atoms with Crippen LogP contribution in [-0.4, -0.2) is 55.3 Å². The number of aromatic nitrogens is 1. The molecule has 0 radical (unpaired) electrons. The molecule has 2 unspecified atom stereocenters. The van der Waals surface area contributed by atoms with Gasteiger partial charge in [-0.1, -0.05) is 18.5 Å². The molecule has 0 spiro atoms. The summed E-state index contributed by atoms with van der Waals surface area (Å²) in [6.45, 7) is 12.7. The lowest BCUT2D eigenvalue weighted by Crippen LogP contribution is -2.42. The minimum atomic E-state index is 0. The fourth-order valence-corrected chi connectivity index (χ4v) is 3.74. The van der Waals surface area contributed by atoms with E-state index in [1.807, 2.05) is 20.9 Å². The highest BCUT2D eigenvalue weighted by atomic mass is 127. The van der Waals surface area contributed by atoms with Crippen LogP contribution in [0.15, 0.2) is 9.52 Å². The number of aryl methyl sites for hydroxylation is 2. The Morgan fingerprint density at radius 3 is 2.73 bits per heavy atom. The first kappa shape index (κ1) is 23.2. The molecule has 1 aromatic rings. The minimum Gasteiger partial charge on any atom is -0.361 e. The highest BCUT2D eigenvalue weighted by Gasteiger charge is 2.18. The second-order valence-electron chi connectivity index (χ2n) is 7.25. The quantitative estimate of drug-likeness (QED) is 0.273. The van der Waals surface area contributed by atoms with Crippen molar-refractivity contribution in [1.82, 2.24) is 20.7 Å². The van der Waals surface area contributed by atoms with Gasteiger partial charge in [0, 0.05) is 44.2 Å². The molecule has 1 aliphatic rings. The van der Waals surface area contributed by atoms with Crippen molar-refractivity contribution in [2.24, 2.45) is 4.99 Å². The predicted octanol–water partition coefficient (Wildman–Crippen LogP) is 3.44. The van der Waals surface area contributed by atoms with Gasteiger partial charge in [0.2, 0.25) is 0 Å². The van der Waals surface area contributed by atoms with E-state index in [-0.39, 0.29) is 24.0 Å². The van der Waals surface area contributed by atoms with Crippen LogP contribution in [-0.2, 0) is 0 Å². The van der Waals surface area contributed by atoms with Crippen LogP contribution < -0.4 is 10.6 Å². The van der Waals surface area contributed by atoms with Crippen molar-refractivity contribution >= 4 is 29.9 Å². The summed E-state index contributed by atoms with van der Waals surface area (Å²) in [5.74, 6) is 2.11. The zero-order valence-electron chi connectivity index (χ0n) is 17.0. The third-order valence-corrected chi connectivity index (χ3v) is 5.24. The van der Waals surface area contributed by atoms with Crippen molar-refractivity contribution in [2.45, 2.75) is 65.3 Å². The Bertz CT molecular complexity index is 541. The molecule has 1 saturated heterocycles. The standard InChI is InChI=1S/C19H35N5O.HI/c1-14(18-16(3)23-25-17(18)4)13-22-19(20-5)21-10-8-12-24-11-7-6-9-15(24)2;/h14-15H,6-13H2,1-5H3,(H2,20,21,22);1H. The molecule has 6 nitrogen and oxygen atoms in total. The summed E-state index contributed by atoms with van der Waals surface area (Å²) in [4.78, 5) is 6.94. The van der Waals surface area contributed by atoms with Crippen LogP contribution in [0.3, 0.4) is 0 Å². The summed E-state index contributed by atoms with van der Waals surface area (Å²) in [6.07, 6.45) is 5.22. The smallest absolute Gasteiger partial charge is 0.190 e. The fraction of sp³-hybridized carbons (Fsp3) is 0.789. The third kappa shape index (κ3) is 6.72. The molecule has 7 heteroatoms. The number of rotatable bonds is 7. The Kier molecular flexibility index (Phi) is 10.5. The normalized spacial score (nSPS) is 19.7. The van der Waals surface area contributed by atoms with E-state index >= 15 is 0 Å². The minimum absolute atomic E-state index is 0.